The van der Waals surface area contributed by atoms with Crippen LogP contribution < -0.4 is 10.6 Å². The highest BCUT2D eigenvalue weighted by Crippen LogP contribution is 2.15. The van der Waals surface area contributed by atoms with E-state index in [0.717, 1.165) is 5.56 Å². The molecule has 19 heavy (non-hydrogen) atoms. The summed E-state index contributed by atoms with van der Waals surface area (Å²) in [5, 5.41) is 7.48. The van der Waals surface area contributed by atoms with Crippen molar-refractivity contribution in [1.29, 1.82) is 5.41 Å². The fraction of sp³-hybridized carbons (Fsp3) is 0.154. The van der Waals surface area contributed by atoms with Gasteiger partial charge in [-0.3, -0.25) is 5.41 Å². The summed E-state index contributed by atoms with van der Waals surface area (Å²) < 4.78 is 12.8. The van der Waals surface area contributed by atoms with Crippen LogP contribution in [0.3, 0.4) is 0 Å². The van der Waals surface area contributed by atoms with Crippen LogP contribution in [0.5, 0.6) is 0 Å². The Hall–Kier alpha value is -2.50. The van der Waals surface area contributed by atoms with Crippen LogP contribution >= 0.6 is 0 Å². The zero-order valence-corrected chi connectivity index (χ0v) is 10.5. The maximum atomic E-state index is 12.8. The first kappa shape index (κ1) is 12.9. The first-order valence-corrected chi connectivity index (χ1v) is 5.69. The quantitative estimate of drug-likeness (QED) is 0.644. The highest BCUT2D eigenvalue weighted by atomic mass is 19.1. The Morgan fingerprint density at radius 3 is 2.53 bits per heavy atom. The third-order valence-electron chi connectivity index (χ3n) is 2.63. The summed E-state index contributed by atoms with van der Waals surface area (Å²) in [5.74, 6) is 0.128. The molecule has 98 valence electrons. The van der Waals surface area contributed by atoms with Crippen molar-refractivity contribution in [3.63, 3.8) is 0 Å². The average Bonchev–Trinajstić information content (AvgIpc) is 2.41. The minimum atomic E-state index is -0.268. The van der Waals surface area contributed by atoms with Gasteiger partial charge in [-0.15, -0.1) is 0 Å². The second-order valence-corrected chi connectivity index (χ2v) is 4.12. The third-order valence-corrected chi connectivity index (χ3v) is 2.63. The monoisotopic (exact) mass is 259 g/mol. The molecule has 1 aromatic carbocycles. The lowest BCUT2D eigenvalue weighted by Crippen LogP contribution is -2.24. The predicted molar refractivity (Wildman–Crippen MR) is 71.6 cm³/mol. The molecule has 0 aliphatic heterocycles. The molecule has 0 atom stereocenters. The molecule has 2 rings (SSSR count). The Balaban J connectivity index is 2.22. The summed E-state index contributed by atoms with van der Waals surface area (Å²) in [5.41, 5.74) is 6.74. The van der Waals surface area contributed by atoms with Crippen molar-refractivity contribution < 1.29 is 4.39 Å². The van der Waals surface area contributed by atoms with Gasteiger partial charge in [-0.1, -0.05) is 12.1 Å². The summed E-state index contributed by atoms with van der Waals surface area (Å²) in [6.07, 6.45) is 3.04. The maximum absolute atomic E-state index is 12.8. The Kier molecular flexibility index (Phi) is 3.70. The minimum Gasteiger partial charge on any atom is -0.382 e. The molecule has 0 amide bonds. The number of nitrogens with one attached hydrogen (secondary N) is 1. The van der Waals surface area contributed by atoms with Crippen molar-refractivity contribution in [3.05, 3.63) is 53.7 Å². The van der Waals surface area contributed by atoms with Crippen LogP contribution in [0, 0.1) is 11.2 Å². The van der Waals surface area contributed by atoms with E-state index in [2.05, 4.69) is 9.97 Å². The molecule has 6 heteroatoms. The summed E-state index contributed by atoms with van der Waals surface area (Å²) in [4.78, 5) is 10.0. The number of anilines is 1. The molecule has 0 saturated heterocycles. The largest absolute Gasteiger partial charge is 0.382 e. The molecule has 5 nitrogen and oxygen atoms in total. The lowest BCUT2D eigenvalue weighted by Gasteiger charge is -2.20. The van der Waals surface area contributed by atoms with Gasteiger partial charge in [-0.2, -0.15) is 0 Å². The van der Waals surface area contributed by atoms with Gasteiger partial charge in [-0.05, 0) is 17.7 Å². The molecule has 0 fully saturated rings. The molecular formula is C13H14FN5. The van der Waals surface area contributed by atoms with E-state index in [4.69, 9.17) is 11.1 Å². The van der Waals surface area contributed by atoms with Crippen LogP contribution in [0.1, 0.15) is 11.3 Å². The van der Waals surface area contributed by atoms with Gasteiger partial charge in [0.1, 0.15) is 17.3 Å². The minimum absolute atomic E-state index is 0.131. The molecule has 0 saturated carbocycles. The number of rotatable bonds is 4. The molecule has 0 unspecified atom stereocenters. The summed E-state index contributed by atoms with van der Waals surface area (Å²) in [6.45, 7) is 0.527. The van der Waals surface area contributed by atoms with Crippen molar-refractivity contribution in [2.45, 2.75) is 6.54 Å². The van der Waals surface area contributed by atoms with Gasteiger partial charge in [0, 0.05) is 26.0 Å². The highest BCUT2D eigenvalue weighted by Gasteiger charge is 2.12. The number of aromatic nitrogens is 2. The fourth-order valence-electron chi connectivity index (χ4n) is 1.74. The fourth-order valence-corrected chi connectivity index (χ4v) is 1.74. The van der Waals surface area contributed by atoms with Gasteiger partial charge >= 0.3 is 0 Å². The van der Waals surface area contributed by atoms with E-state index in [1.54, 1.807) is 18.3 Å². The van der Waals surface area contributed by atoms with Gasteiger partial charge in [0.15, 0.2) is 5.82 Å². The standard InChI is InChI=1S/C13H14FN5/c1-19(8-9-2-4-10(14)5-3-9)13-11(12(15)16)17-6-7-18-13/h2-7H,8H2,1H3,(H3,15,16). The molecule has 1 heterocycles. The molecule has 0 aliphatic carbocycles. The third kappa shape index (κ3) is 3.04. The Bertz CT molecular complexity index is 582. The number of halogens is 1. The number of nitrogens with zero attached hydrogens (tertiary/aromatic N) is 3. The van der Waals surface area contributed by atoms with Crippen LogP contribution in [0.4, 0.5) is 10.2 Å². The molecular weight excluding hydrogens is 245 g/mol. The first-order valence-electron chi connectivity index (χ1n) is 5.69. The smallest absolute Gasteiger partial charge is 0.158 e. The van der Waals surface area contributed by atoms with E-state index in [1.807, 2.05) is 11.9 Å². The average molecular weight is 259 g/mol. The summed E-state index contributed by atoms with van der Waals surface area (Å²) >= 11 is 0. The van der Waals surface area contributed by atoms with Crippen LogP contribution in [-0.4, -0.2) is 22.9 Å². The number of hydrogen-bond donors (Lipinski definition) is 2. The molecule has 1 aromatic heterocycles. The van der Waals surface area contributed by atoms with E-state index in [9.17, 15) is 4.39 Å². The molecule has 0 bridgehead atoms. The second-order valence-electron chi connectivity index (χ2n) is 4.12. The first-order chi connectivity index (χ1) is 9.08. The van der Waals surface area contributed by atoms with Crippen molar-refractivity contribution in [1.82, 2.24) is 9.97 Å². The topological polar surface area (TPSA) is 78.9 Å². The van der Waals surface area contributed by atoms with Gasteiger partial charge in [0.05, 0.1) is 0 Å². The molecule has 0 spiro atoms. The van der Waals surface area contributed by atoms with E-state index < -0.39 is 0 Å². The Labute approximate surface area is 110 Å². The number of benzene rings is 1. The van der Waals surface area contributed by atoms with Gasteiger partial charge in [0.2, 0.25) is 0 Å². The van der Waals surface area contributed by atoms with Gasteiger partial charge < -0.3 is 10.6 Å². The second kappa shape index (κ2) is 5.43. The predicted octanol–water partition coefficient (Wildman–Crippen LogP) is 1.54. The van der Waals surface area contributed by atoms with Gasteiger partial charge in [0.25, 0.3) is 0 Å². The van der Waals surface area contributed by atoms with Crippen LogP contribution in [0.25, 0.3) is 0 Å². The molecule has 3 N–H and O–H groups in total. The van der Waals surface area contributed by atoms with Crippen molar-refractivity contribution in [3.8, 4) is 0 Å². The number of nitrogen functional groups attached to an aromatic ring is 1. The molecule has 0 aliphatic rings. The SMILES string of the molecule is CN(Cc1ccc(F)cc1)c1nccnc1C(=N)N. The summed E-state index contributed by atoms with van der Waals surface area (Å²) in [6, 6.07) is 6.22. The maximum Gasteiger partial charge on any atom is 0.158 e. The molecule has 0 radical (unpaired) electrons. The van der Waals surface area contributed by atoms with E-state index in [1.165, 1.54) is 18.3 Å². The lowest BCUT2D eigenvalue weighted by atomic mass is 10.2. The van der Waals surface area contributed by atoms with E-state index in [-0.39, 0.29) is 11.7 Å². The Morgan fingerprint density at radius 1 is 1.26 bits per heavy atom. The number of hydrogen-bond acceptors (Lipinski definition) is 4. The van der Waals surface area contributed by atoms with Crippen molar-refractivity contribution in [2.75, 3.05) is 11.9 Å². The highest BCUT2D eigenvalue weighted by molar-refractivity contribution is 5.97. The van der Waals surface area contributed by atoms with Crippen molar-refractivity contribution in [2.24, 2.45) is 5.73 Å². The lowest BCUT2D eigenvalue weighted by molar-refractivity contribution is 0.627. The van der Waals surface area contributed by atoms with Crippen LogP contribution in [0.2, 0.25) is 0 Å². The zero-order valence-electron chi connectivity index (χ0n) is 10.5. The van der Waals surface area contributed by atoms with Crippen LogP contribution in [-0.2, 0) is 6.54 Å². The number of amidine groups is 1. The molecule has 2 aromatic rings. The van der Waals surface area contributed by atoms with Crippen molar-refractivity contribution >= 4 is 11.7 Å². The summed E-state index contributed by atoms with van der Waals surface area (Å²) in [7, 11) is 1.82. The Morgan fingerprint density at radius 2 is 1.89 bits per heavy atom. The number of nitrogens with two attached hydrogens (primary N) is 1. The van der Waals surface area contributed by atoms with Crippen LogP contribution in [0.15, 0.2) is 36.7 Å². The van der Waals surface area contributed by atoms with E-state index >= 15 is 0 Å². The van der Waals surface area contributed by atoms with Gasteiger partial charge in [-0.25, -0.2) is 14.4 Å². The normalized spacial score (nSPS) is 10.2. The zero-order chi connectivity index (χ0) is 13.8. The van der Waals surface area contributed by atoms with E-state index in [0.29, 0.717) is 18.1 Å².